The average Bonchev–Trinajstić information content (AvgIpc) is 3.23. The van der Waals surface area contributed by atoms with Crippen molar-refractivity contribution >= 4 is 40.4 Å². The zero-order valence-corrected chi connectivity index (χ0v) is 18.0. The lowest BCUT2D eigenvalue weighted by molar-refractivity contribution is -0.131. The van der Waals surface area contributed by atoms with Crippen molar-refractivity contribution in [1.29, 1.82) is 0 Å². The molecule has 0 radical (unpaired) electrons. The molecule has 1 N–H and O–H groups in total. The van der Waals surface area contributed by atoms with Gasteiger partial charge in [-0.15, -0.1) is 11.8 Å². The van der Waals surface area contributed by atoms with Crippen LogP contribution >= 0.6 is 11.8 Å². The summed E-state index contributed by atoms with van der Waals surface area (Å²) in [5.74, 6) is 0.575. The number of piperidine rings is 1. The first-order chi connectivity index (χ1) is 15.0. The number of nitrogens with one attached hydrogen (secondary N) is 1. The molecule has 1 fully saturated rings. The number of likely N-dealkylation sites (tertiary alicyclic amines) is 1. The summed E-state index contributed by atoms with van der Waals surface area (Å²) < 4.78 is 18.8. The third kappa shape index (κ3) is 5.25. The second-order valence-electron chi connectivity index (χ2n) is 7.63. The van der Waals surface area contributed by atoms with Crippen molar-refractivity contribution in [2.24, 2.45) is 0 Å². The molecule has 31 heavy (non-hydrogen) atoms. The summed E-state index contributed by atoms with van der Waals surface area (Å²) in [6.45, 7) is 3.12. The van der Waals surface area contributed by atoms with Crippen molar-refractivity contribution < 1.29 is 18.4 Å². The van der Waals surface area contributed by atoms with Crippen LogP contribution in [0.15, 0.2) is 52.9 Å². The zero-order valence-electron chi connectivity index (χ0n) is 17.2. The number of halogens is 1. The summed E-state index contributed by atoms with van der Waals surface area (Å²) in [7, 11) is 0. The van der Waals surface area contributed by atoms with Crippen LogP contribution < -0.4 is 5.32 Å². The van der Waals surface area contributed by atoms with E-state index >= 15 is 0 Å². The van der Waals surface area contributed by atoms with Crippen molar-refractivity contribution in [1.82, 2.24) is 9.88 Å². The molecule has 4 rings (SSSR count). The van der Waals surface area contributed by atoms with Crippen molar-refractivity contribution in [3.63, 3.8) is 0 Å². The number of hydrogen-bond acceptors (Lipinski definition) is 5. The molecule has 2 heterocycles. The molecule has 2 amide bonds. The standard InChI is InChI=1S/C23H24FN3O3S/c1-15(31-14-21(28)25-18-8-6-17(24)7-9-18)23(29)27-12-10-16(11-13-27)22-26-19-4-2-3-5-20(19)30-22/h2-9,15-16H,10-14H2,1H3,(H,25,28). The molecule has 3 aromatic rings. The maximum absolute atomic E-state index is 12.9. The predicted octanol–water partition coefficient (Wildman–Crippen LogP) is 4.43. The van der Waals surface area contributed by atoms with Gasteiger partial charge >= 0.3 is 0 Å². The molecule has 162 valence electrons. The second-order valence-corrected chi connectivity index (χ2v) is 8.96. The van der Waals surface area contributed by atoms with Crippen LogP contribution in [0.3, 0.4) is 0 Å². The third-order valence-electron chi connectivity index (χ3n) is 5.41. The highest BCUT2D eigenvalue weighted by molar-refractivity contribution is 8.01. The van der Waals surface area contributed by atoms with E-state index in [0.29, 0.717) is 18.8 Å². The lowest BCUT2D eigenvalue weighted by atomic mass is 9.96. The smallest absolute Gasteiger partial charge is 0.235 e. The molecule has 2 aromatic carbocycles. The van der Waals surface area contributed by atoms with Gasteiger partial charge in [0.05, 0.1) is 11.0 Å². The topological polar surface area (TPSA) is 75.4 Å². The summed E-state index contributed by atoms with van der Waals surface area (Å²) in [5.41, 5.74) is 2.19. The molecular formula is C23H24FN3O3S. The molecule has 1 atom stereocenters. The summed E-state index contributed by atoms with van der Waals surface area (Å²) in [4.78, 5) is 31.3. The highest BCUT2D eigenvalue weighted by Gasteiger charge is 2.29. The molecule has 8 heteroatoms. The molecule has 1 aliphatic rings. The molecule has 6 nitrogen and oxygen atoms in total. The Morgan fingerprint density at radius 3 is 2.61 bits per heavy atom. The molecular weight excluding hydrogens is 417 g/mol. The number of aromatic nitrogens is 1. The van der Waals surface area contributed by atoms with E-state index in [-0.39, 0.29) is 34.6 Å². The van der Waals surface area contributed by atoms with Gasteiger partial charge in [-0.1, -0.05) is 12.1 Å². The summed E-state index contributed by atoms with van der Waals surface area (Å²) in [6.07, 6.45) is 1.61. The van der Waals surface area contributed by atoms with Gasteiger partial charge in [-0.2, -0.15) is 0 Å². The van der Waals surface area contributed by atoms with Gasteiger partial charge < -0.3 is 14.6 Å². The molecule has 1 saturated heterocycles. The van der Waals surface area contributed by atoms with E-state index in [0.717, 1.165) is 29.8 Å². The fourth-order valence-corrected chi connectivity index (χ4v) is 4.44. The Balaban J connectivity index is 1.24. The van der Waals surface area contributed by atoms with Gasteiger partial charge in [0.2, 0.25) is 11.8 Å². The lowest BCUT2D eigenvalue weighted by Crippen LogP contribution is -2.42. The van der Waals surface area contributed by atoms with Crippen LogP contribution in [-0.2, 0) is 9.59 Å². The van der Waals surface area contributed by atoms with Gasteiger partial charge in [-0.05, 0) is 56.2 Å². The highest BCUT2D eigenvalue weighted by atomic mass is 32.2. The number of thioether (sulfide) groups is 1. The van der Waals surface area contributed by atoms with Gasteiger partial charge in [0.1, 0.15) is 11.3 Å². The molecule has 1 aromatic heterocycles. The Hall–Kier alpha value is -2.87. The lowest BCUT2D eigenvalue weighted by Gasteiger charge is -2.32. The van der Waals surface area contributed by atoms with E-state index in [1.807, 2.05) is 36.1 Å². The zero-order chi connectivity index (χ0) is 21.8. The number of benzene rings is 2. The Labute approximate surface area is 184 Å². The van der Waals surface area contributed by atoms with Gasteiger partial charge in [0.25, 0.3) is 0 Å². The Bertz CT molecular complexity index is 1030. The van der Waals surface area contributed by atoms with E-state index in [2.05, 4.69) is 10.3 Å². The van der Waals surface area contributed by atoms with Crippen LogP contribution in [0.25, 0.3) is 11.1 Å². The summed E-state index contributed by atoms with van der Waals surface area (Å²) in [6, 6.07) is 13.3. The fraction of sp³-hybridized carbons (Fsp3) is 0.348. The van der Waals surface area contributed by atoms with Gasteiger partial charge in [0.15, 0.2) is 11.5 Å². The molecule has 0 aliphatic carbocycles. The Kier molecular flexibility index (Phi) is 6.56. The molecule has 1 unspecified atom stereocenters. The number of hydrogen-bond donors (Lipinski definition) is 1. The van der Waals surface area contributed by atoms with Crippen molar-refractivity contribution in [3.8, 4) is 0 Å². The number of para-hydroxylation sites is 2. The van der Waals surface area contributed by atoms with Crippen LogP contribution in [0, 0.1) is 5.82 Å². The third-order valence-corrected chi connectivity index (χ3v) is 6.54. The van der Waals surface area contributed by atoms with Crippen molar-refractivity contribution in [3.05, 3.63) is 60.2 Å². The number of amides is 2. The van der Waals surface area contributed by atoms with E-state index in [9.17, 15) is 14.0 Å². The van der Waals surface area contributed by atoms with Crippen LogP contribution in [0.2, 0.25) is 0 Å². The van der Waals surface area contributed by atoms with Crippen molar-refractivity contribution in [2.75, 3.05) is 24.2 Å². The Morgan fingerprint density at radius 1 is 1.19 bits per heavy atom. The summed E-state index contributed by atoms with van der Waals surface area (Å²) >= 11 is 1.30. The average molecular weight is 442 g/mol. The minimum absolute atomic E-state index is 0.0376. The number of rotatable bonds is 6. The maximum Gasteiger partial charge on any atom is 0.235 e. The largest absolute Gasteiger partial charge is 0.440 e. The summed E-state index contributed by atoms with van der Waals surface area (Å²) in [5, 5.41) is 2.39. The minimum Gasteiger partial charge on any atom is -0.440 e. The first-order valence-electron chi connectivity index (χ1n) is 10.3. The second kappa shape index (κ2) is 9.51. The van der Waals surface area contributed by atoms with E-state index in [1.54, 1.807) is 0 Å². The van der Waals surface area contributed by atoms with E-state index < -0.39 is 0 Å². The number of nitrogens with zero attached hydrogens (tertiary/aromatic N) is 2. The number of oxazole rings is 1. The SMILES string of the molecule is CC(SCC(=O)Nc1ccc(F)cc1)C(=O)N1CCC(c2nc3ccccc3o2)CC1. The maximum atomic E-state index is 12.9. The molecule has 1 aliphatic heterocycles. The monoisotopic (exact) mass is 441 g/mol. The minimum atomic E-state index is -0.355. The first-order valence-corrected chi connectivity index (χ1v) is 11.4. The number of fused-ring (bicyclic) bond motifs is 1. The van der Waals surface area contributed by atoms with Crippen LogP contribution in [0.4, 0.5) is 10.1 Å². The Morgan fingerprint density at radius 2 is 1.90 bits per heavy atom. The van der Waals surface area contributed by atoms with E-state index in [1.165, 1.54) is 36.0 Å². The fourth-order valence-electron chi connectivity index (χ4n) is 3.67. The normalized spacial score (nSPS) is 15.7. The first kappa shape index (κ1) is 21.4. The number of anilines is 1. The molecule has 0 bridgehead atoms. The van der Waals surface area contributed by atoms with Gasteiger partial charge in [-0.25, -0.2) is 9.37 Å². The van der Waals surface area contributed by atoms with Gasteiger partial charge in [0, 0.05) is 24.7 Å². The number of carbonyl (C=O) groups excluding carboxylic acids is 2. The molecule has 0 saturated carbocycles. The van der Waals surface area contributed by atoms with E-state index in [4.69, 9.17) is 4.42 Å². The van der Waals surface area contributed by atoms with Crippen LogP contribution in [0.5, 0.6) is 0 Å². The highest BCUT2D eigenvalue weighted by Crippen LogP contribution is 2.30. The predicted molar refractivity (Wildman–Crippen MR) is 120 cm³/mol. The van der Waals surface area contributed by atoms with Crippen molar-refractivity contribution in [2.45, 2.75) is 30.9 Å². The molecule has 0 spiro atoms. The quantitative estimate of drug-likeness (QED) is 0.612. The number of carbonyl (C=O) groups is 2. The van der Waals surface area contributed by atoms with Gasteiger partial charge in [-0.3, -0.25) is 9.59 Å². The van der Waals surface area contributed by atoms with Crippen LogP contribution in [0.1, 0.15) is 31.6 Å². The van der Waals surface area contributed by atoms with Crippen LogP contribution in [-0.4, -0.2) is 45.8 Å².